The van der Waals surface area contributed by atoms with E-state index >= 15 is 0 Å². The van der Waals surface area contributed by atoms with Crippen molar-refractivity contribution in [2.75, 3.05) is 6.54 Å². The quantitative estimate of drug-likeness (QED) is 0.756. The third kappa shape index (κ3) is 4.23. The Labute approximate surface area is 139 Å². The number of hydrogen-bond donors (Lipinski definition) is 2. The molecule has 2 heterocycles. The van der Waals surface area contributed by atoms with Gasteiger partial charge in [0.25, 0.3) is 0 Å². The molecule has 23 heavy (non-hydrogen) atoms. The van der Waals surface area contributed by atoms with Crippen molar-refractivity contribution in [1.29, 1.82) is 0 Å². The summed E-state index contributed by atoms with van der Waals surface area (Å²) in [5.41, 5.74) is 2.87. The molecule has 6 heteroatoms. The summed E-state index contributed by atoms with van der Waals surface area (Å²) in [5.74, 6) is 0. The van der Waals surface area contributed by atoms with Crippen molar-refractivity contribution in [3.05, 3.63) is 71.1 Å². The van der Waals surface area contributed by atoms with Crippen molar-refractivity contribution in [2.45, 2.75) is 13.0 Å². The number of hydrogen-bond acceptors (Lipinski definition) is 2. The SMILES string of the molecule is O=C(NCCc1cn2ccccc2n1)NCc1ccc(Cl)cc1. The van der Waals surface area contributed by atoms with Gasteiger partial charge in [-0.2, -0.15) is 0 Å². The summed E-state index contributed by atoms with van der Waals surface area (Å²) >= 11 is 5.82. The first-order chi connectivity index (χ1) is 11.2. The van der Waals surface area contributed by atoms with Gasteiger partial charge < -0.3 is 15.0 Å². The molecule has 3 rings (SSSR count). The first kappa shape index (κ1) is 15.4. The number of pyridine rings is 1. The van der Waals surface area contributed by atoms with Crippen LogP contribution in [0.4, 0.5) is 4.79 Å². The minimum Gasteiger partial charge on any atom is -0.338 e. The molecule has 2 N–H and O–H groups in total. The molecule has 0 saturated heterocycles. The van der Waals surface area contributed by atoms with Gasteiger partial charge in [0.05, 0.1) is 5.69 Å². The summed E-state index contributed by atoms with van der Waals surface area (Å²) in [5, 5.41) is 6.33. The number of carbonyl (C=O) groups is 1. The van der Waals surface area contributed by atoms with E-state index in [0.717, 1.165) is 16.9 Å². The molecule has 0 aliphatic heterocycles. The van der Waals surface area contributed by atoms with E-state index in [1.54, 1.807) is 12.1 Å². The number of aromatic nitrogens is 2. The van der Waals surface area contributed by atoms with Crippen molar-refractivity contribution in [3.8, 4) is 0 Å². The monoisotopic (exact) mass is 328 g/mol. The molecule has 2 amide bonds. The van der Waals surface area contributed by atoms with Gasteiger partial charge in [0.2, 0.25) is 0 Å². The highest BCUT2D eigenvalue weighted by Crippen LogP contribution is 2.09. The van der Waals surface area contributed by atoms with Crippen LogP contribution < -0.4 is 10.6 Å². The van der Waals surface area contributed by atoms with Crippen molar-refractivity contribution >= 4 is 23.3 Å². The molecule has 0 spiro atoms. The molecule has 0 atom stereocenters. The zero-order chi connectivity index (χ0) is 16.1. The van der Waals surface area contributed by atoms with Crippen LogP contribution >= 0.6 is 11.6 Å². The fourth-order valence-corrected chi connectivity index (χ4v) is 2.38. The average molecular weight is 329 g/mol. The highest BCUT2D eigenvalue weighted by molar-refractivity contribution is 6.30. The Hall–Kier alpha value is -2.53. The van der Waals surface area contributed by atoms with Gasteiger partial charge in [0.15, 0.2) is 0 Å². The second-order valence-corrected chi connectivity index (χ2v) is 5.62. The smallest absolute Gasteiger partial charge is 0.315 e. The van der Waals surface area contributed by atoms with Crippen LogP contribution in [-0.2, 0) is 13.0 Å². The fourth-order valence-electron chi connectivity index (χ4n) is 2.26. The molecule has 0 aliphatic carbocycles. The van der Waals surface area contributed by atoms with E-state index < -0.39 is 0 Å². The lowest BCUT2D eigenvalue weighted by atomic mass is 10.2. The van der Waals surface area contributed by atoms with Gasteiger partial charge in [-0.25, -0.2) is 9.78 Å². The number of amides is 2. The van der Waals surface area contributed by atoms with Crippen molar-refractivity contribution < 1.29 is 4.79 Å². The molecular weight excluding hydrogens is 312 g/mol. The lowest BCUT2D eigenvalue weighted by Gasteiger charge is -2.07. The Balaban J connectivity index is 1.43. The summed E-state index contributed by atoms with van der Waals surface area (Å²) in [6, 6.07) is 13.1. The Bertz CT molecular complexity index is 765. The maximum atomic E-state index is 11.8. The molecule has 0 saturated carbocycles. The van der Waals surface area contributed by atoms with Gasteiger partial charge in [0, 0.05) is 36.9 Å². The Morgan fingerprint density at radius 2 is 1.96 bits per heavy atom. The van der Waals surface area contributed by atoms with E-state index in [1.807, 2.05) is 47.1 Å². The Morgan fingerprint density at radius 1 is 1.13 bits per heavy atom. The lowest BCUT2D eigenvalue weighted by molar-refractivity contribution is 0.240. The topological polar surface area (TPSA) is 58.4 Å². The fraction of sp³-hybridized carbons (Fsp3) is 0.176. The number of imidazole rings is 1. The Kier molecular flexibility index (Phi) is 4.78. The number of rotatable bonds is 5. The second kappa shape index (κ2) is 7.15. The minimum atomic E-state index is -0.191. The lowest BCUT2D eigenvalue weighted by Crippen LogP contribution is -2.36. The summed E-state index contributed by atoms with van der Waals surface area (Å²) < 4.78 is 1.97. The number of nitrogens with one attached hydrogen (secondary N) is 2. The highest BCUT2D eigenvalue weighted by atomic mass is 35.5. The van der Waals surface area contributed by atoms with E-state index in [1.165, 1.54) is 0 Å². The zero-order valence-electron chi connectivity index (χ0n) is 12.5. The predicted molar refractivity (Wildman–Crippen MR) is 90.6 cm³/mol. The largest absolute Gasteiger partial charge is 0.338 e. The molecule has 0 radical (unpaired) electrons. The predicted octanol–water partition coefficient (Wildman–Crippen LogP) is 3.03. The van der Waals surface area contributed by atoms with Crippen LogP contribution in [0.3, 0.4) is 0 Å². The minimum absolute atomic E-state index is 0.191. The van der Waals surface area contributed by atoms with Crippen LogP contribution in [0.5, 0.6) is 0 Å². The number of nitrogens with zero attached hydrogens (tertiary/aromatic N) is 2. The van der Waals surface area contributed by atoms with Crippen LogP contribution in [0.25, 0.3) is 5.65 Å². The number of benzene rings is 1. The van der Waals surface area contributed by atoms with Gasteiger partial charge in [-0.05, 0) is 29.8 Å². The van der Waals surface area contributed by atoms with Crippen LogP contribution in [-0.4, -0.2) is 22.0 Å². The number of fused-ring (bicyclic) bond motifs is 1. The first-order valence-corrected chi connectivity index (χ1v) is 7.77. The molecular formula is C17H17ClN4O. The molecule has 118 valence electrons. The van der Waals surface area contributed by atoms with E-state index in [0.29, 0.717) is 24.5 Å². The molecule has 2 aromatic heterocycles. The van der Waals surface area contributed by atoms with Crippen LogP contribution in [0.2, 0.25) is 5.02 Å². The summed E-state index contributed by atoms with van der Waals surface area (Å²) in [6.07, 6.45) is 4.62. The summed E-state index contributed by atoms with van der Waals surface area (Å²) in [6.45, 7) is 1.01. The van der Waals surface area contributed by atoms with E-state index in [9.17, 15) is 4.79 Å². The van der Waals surface area contributed by atoms with E-state index in [2.05, 4.69) is 15.6 Å². The molecule has 0 fully saturated rings. The van der Waals surface area contributed by atoms with Gasteiger partial charge in [-0.1, -0.05) is 29.8 Å². The highest BCUT2D eigenvalue weighted by Gasteiger charge is 2.03. The van der Waals surface area contributed by atoms with Crippen molar-refractivity contribution in [1.82, 2.24) is 20.0 Å². The number of halogens is 1. The summed E-state index contributed by atoms with van der Waals surface area (Å²) in [7, 11) is 0. The second-order valence-electron chi connectivity index (χ2n) is 5.18. The molecule has 1 aromatic carbocycles. The van der Waals surface area contributed by atoms with Crippen LogP contribution in [0, 0.1) is 0 Å². The molecule has 5 nitrogen and oxygen atoms in total. The Morgan fingerprint density at radius 3 is 2.74 bits per heavy atom. The van der Waals surface area contributed by atoms with Crippen molar-refractivity contribution in [2.24, 2.45) is 0 Å². The van der Waals surface area contributed by atoms with Gasteiger partial charge in [0.1, 0.15) is 5.65 Å². The number of urea groups is 1. The maximum absolute atomic E-state index is 11.8. The molecule has 0 bridgehead atoms. The van der Waals surface area contributed by atoms with Crippen LogP contribution in [0.15, 0.2) is 54.9 Å². The van der Waals surface area contributed by atoms with Crippen molar-refractivity contribution in [3.63, 3.8) is 0 Å². The van der Waals surface area contributed by atoms with Gasteiger partial charge >= 0.3 is 6.03 Å². The first-order valence-electron chi connectivity index (χ1n) is 7.39. The third-order valence-corrected chi connectivity index (χ3v) is 3.70. The van der Waals surface area contributed by atoms with Gasteiger partial charge in [-0.15, -0.1) is 0 Å². The maximum Gasteiger partial charge on any atom is 0.315 e. The van der Waals surface area contributed by atoms with E-state index in [-0.39, 0.29) is 6.03 Å². The molecule has 0 unspecified atom stereocenters. The standard InChI is InChI=1S/C17H17ClN4O/c18-14-6-4-13(5-7-14)11-20-17(23)19-9-8-15-12-22-10-2-1-3-16(22)21-15/h1-7,10,12H,8-9,11H2,(H2,19,20,23). The molecule has 3 aromatic rings. The van der Waals surface area contributed by atoms with E-state index in [4.69, 9.17) is 11.6 Å². The number of carbonyl (C=O) groups excluding carboxylic acids is 1. The third-order valence-electron chi connectivity index (χ3n) is 3.45. The summed E-state index contributed by atoms with van der Waals surface area (Å²) in [4.78, 5) is 16.3. The van der Waals surface area contributed by atoms with Crippen LogP contribution in [0.1, 0.15) is 11.3 Å². The normalized spacial score (nSPS) is 10.7. The zero-order valence-corrected chi connectivity index (χ0v) is 13.3. The van der Waals surface area contributed by atoms with Gasteiger partial charge in [-0.3, -0.25) is 0 Å². The average Bonchev–Trinajstić information content (AvgIpc) is 2.97. The molecule has 0 aliphatic rings.